The highest BCUT2D eigenvalue weighted by molar-refractivity contribution is 6.30. The molecule has 1 unspecified atom stereocenters. The highest BCUT2D eigenvalue weighted by Gasteiger charge is 2.15. The molecule has 0 spiro atoms. The number of halogens is 2. The first-order valence-electron chi connectivity index (χ1n) is 6.13. The highest BCUT2D eigenvalue weighted by Crippen LogP contribution is 2.19. The molecule has 1 aromatic carbocycles. The molecule has 0 aliphatic carbocycles. The minimum atomic E-state index is -0.505. The summed E-state index contributed by atoms with van der Waals surface area (Å²) in [7, 11) is 0. The molecular formula is C13H16ClFN2O. The third kappa shape index (κ3) is 3.68. The van der Waals surface area contributed by atoms with E-state index in [4.69, 9.17) is 11.6 Å². The maximum Gasteiger partial charge on any atom is 0.224 e. The summed E-state index contributed by atoms with van der Waals surface area (Å²) in [5.74, 6) is -0.667. The first-order chi connectivity index (χ1) is 8.65. The van der Waals surface area contributed by atoms with E-state index >= 15 is 0 Å². The van der Waals surface area contributed by atoms with Gasteiger partial charge in [-0.1, -0.05) is 11.6 Å². The summed E-state index contributed by atoms with van der Waals surface area (Å²) in [6.07, 6.45) is 3.47. The van der Waals surface area contributed by atoms with Gasteiger partial charge in [0.15, 0.2) is 0 Å². The van der Waals surface area contributed by atoms with Crippen LogP contribution < -0.4 is 10.6 Å². The summed E-state index contributed by atoms with van der Waals surface area (Å²) in [6, 6.07) is 4.64. The van der Waals surface area contributed by atoms with E-state index in [-0.39, 0.29) is 11.6 Å². The van der Waals surface area contributed by atoms with Crippen LogP contribution >= 0.6 is 11.6 Å². The lowest BCUT2D eigenvalue weighted by molar-refractivity contribution is -0.116. The van der Waals surface area contributed by atoms with Gasteiger partial charge in [0.25, 0.3) is 0 Å². The fourth-order valence-electron chi connectivity index (χ4n) is 2.11. The van der Waals surface area contributed by atoms with Crippen LogP contribution in [-0.2, 0) is 4.79 Å². The van der Waals surface area contributed by atoms with Gasteiger partial charge in [0.2, 0.25) is 5.91 Å². The molecule has 1 aromatic rings. The van der Waals surface area contributed by atoms with Crippen molar-refractivity contribution >= 4 is 23.2 Å². The van der Waals surface area contributed by atoms with Gasteiger partial charge in [-0.25, -0.2) is 4.39 Å². The third-order valence-corrected chi connectivity index (χ3v) is 3.32. The molecule has 0 radical (unpaired) electrons. The normalized spacial score (nSPS) is 18.9. The van der Waals surface area contributed by atoms with Crippen molar-refractivity contribution in [1.82, 2.24) is 5.32 Å². The predicted octanol–water partition coefficient (Wildman–Crippen LogP) is 2.95. The van der Waals surface area contributed by atoms with Crippen LogP contribution in [0.3, 0.4) is 0 Å². The smallest absolute Gasteiger partial charge is 0.224 e. The van der Waals surface area contributed by atoms with Gasteiger partial charge in [0.1, 0.15) is 5.82 Å². The zero-order valence-corrected chi connectivity index (χ0v) is 10.8. The van der Waals surface area contributed by atoms with Crippen LogP contribution in [0.5, 0.6) is 0 Å². The fraction of sp³-hybridized carbons (Fsp3) is 0.462. The number of carbonyl (C=O) groups is 1. The van der Waals surface area contributed by atoms with E-state index in [1.165, 1.54) is 12.1 Å². The van der Waals surface area contributed by atoms with Crippen LogP contribution in [0.15, 0.2) is 18.2 Å². The summed E-state index contributed by atoms with van der Waals surface area (Å²) in [4.78, 5) is 11.7. The number of nitrogens with one attached hydrogen (secondary N) is 2. The van der Waals surface area contributed by atoms with Crippen LogP contribution in [0.2, 0.25) is 5.02 Å². The van der Waals surface area contributed by atoms with Crippen molar-refractivity contribution < 1.29 is 9.18 Å². The fourth-order valence-corrected chi connectivity index (χ4v) is 2.27. The van der Waals surface area contributed by atoms with Crippen LogP contribution in [0.1, 0.15) is 25.7 Å². The Morgan fingerprint density at radius 1 is 1.56 bits per heavy atom. The lowest BCUT2D eigenvalue weighted by atomic mass is 10.1. The molecule has 0 saturated carbocycles. The van der Waals surface area contributed by atoms with E-state index in [1.54, 1.807) is 6.07 Å². The van der Waals surface area contributed by atoms with Gasteiger partial charge in [0, 0.05) is 17.5 Å². The number of benzene rings is 1. The molecule has 3 nitrogen and oxygen atoms in total. The Labute approximate surface area is 111 Å². The quantitative estimate of drug-likeness (QED) is 0.883. The molecule has 5 heteroatoms. The zero-order chi connectivity index (χ0) is 13.0. The number of amides is 1. The monoisotopic (exact) mass is 270 g/mol. The Morgan fingerprint density at radius 2 is 2.39 bits per heavy atom. The molecule has 18 heavy (non-hydrogen) atoms. The van der Waals surface area contributed by atoms with Crippen molar-refractivity contribution in [3.63, 3.8) is 0 Å². The molecular weight excluding hydrogens is 255 g/mol. The Hall–Kier alpha value is -1.13. The predicted molar refractivity (Wildman–Crippen MR) is 70.3 cm³/mol. The second kappa shape index (κ2) is 6.16. The molecule has 1 aliphatic heterocycles. The van der Waals surface area contributed by atoms with Gasteiger partial charge in [0.05, 0.1) is 5.69 Å². The SMILES string of the molecule is O=C(CCC1CCCN1)Nc1ccc(Cl)cc1F. The standard InChI is InChI=1S/C13H16ClFN2O/c14-9-3-5-12(11(15)8-9)17-13(18)6-4-10-2-1-7-16-10/h3,5,8,10,16H,1-2,4,6-7H2,(H,17,18). The first-order valence-corrected chi connectivity index (χ1v) is 6.51. The Balaban J connectivity index is 1.82. The van der Waals surface area contributed by atoms with Crippen molar-refractivity contribution in [1.29, 1.82) is 0 Å². The Morgan fingerprint density at radius 3 is 3.06 bits per heavy atom. The summed E-state index contributed by atoms with van der Waals surface area (Å²) in [5.41, 5.74) is 0.184. The second-order valence-electron chi connectivity index (χ2n) is 4.50. The number of carbonyl (C=O) groups excluding carboxylic acids is 1. The minimum absolute atomic E-state index is 0.162. The second-order valence-corrected chi connectivity index (χ2v) is 4.94. The van der Waals surface area contributed by atoms with Crippen molar-refractivity contribution in [2.24, 2.45) is 0 Å². The van der Waals surface area contributed by atoms with Gasteiger partial charge in [-0.3, -0.25) is 4.79 Å². The minimum Gasteiger partial charge on any atom is -0.324 e. The van der Waals surface area contributed by atoms with Crippen LogP contribution in [0.25, 0.3) is 0 Å². The maximum absolute atomic E-state index is 13.4. The Bertz CT molecular complexity index is 433. The molecule has 1 atom stereocenters. The molecule has 98 valence electrons. The van der Waals surface area contributed by atoms with Gasteiger partial charge < -0.3 is 10.6 Å². The van der Waals surface area contributed by atoms with Crippen molar-refractivity contribution in [2.45, 2.75) is 31.7 Å². The molecule has 0 aromatic heterocycles. The van der Waals surface area contributed by atoms with E-state index < -0.39 is 5.82 Å². The summed E-state index contributed by atoms with van der Waals surface area (Å²) >= 11 is 5.64. The maximum atomic E-state index is 13.4. The van der Waals surface area contributed by atoms with Crippen molar-refractivity contribution in [3.05, 3.63) is 29.0 Å². The Kier molecular flexibility index (Phi) is 4.55. The average molecular weight is 271 g/mol. The van der Waals surface area contributed by atoms with Gasteiger partial charge >= 0.3 is 0 Å². The molecule has 2 N–H and O–H groups in total. The molecule has 1 aliphatic rings. The molecule has 1 amide bonds. The summed E-state index contributed by atoms with van der Waals surface area (Å²) in [6.45, 7) is 1.03. The summed E-state index contributed by atoms with van der Waals surface area (Å²) in [5, 5.41) is 6.20. The zero-order valence-electron chi connectivity index (χ0n) is 10.0. The van der Waals surface area contributed by atoms with Gasteiger partial charge in [-0.05, 0) is 44.0 Å². The largest absolute Gasteiger partial charge is 0.324 e. The van der Waals surface area contributed by atoms with E-state index in [1.807, 2.05) is 0 Å². The molecule has 2 rings (SSSR count). The molecule has 1 saturated heterocycles. The van der Waals surface area contributed by atoms with Gasteiger partial charge in [-0.2, -0.15) is 0 Å². The molecule has 1 fully saturated rings. The van der Waals surface area contributed by atoms with E-state index in [2.05, 4.69) is 10.6 Å². The highest BCUT2D eigenvalue weighted by atomic mass is 35.5. The van der Waals surface area contributed by atoms with E-state index in [0.29, 0.717) is 17.5 Å². The van der Waals surface area contributed by atoms with E-state index in [0.717, 1.165) is 25.8 Å². The van der Waals surface area contributed by atoms with Crippen molar-refractivity contribution in [3.8, 4) is 0 Å². The van der Waals surface area contributed by atoms with Crippen LogP contribution in [0.4, 0.5) is 10.1 Å². The van der Waals surface area contributed by atoms with Crippen LogP contribution in [0, 0.1) is 5.82 Å². The van der Waals surface area contributed by atoms with Gasteiger partial charge in [-0.15, -0.1) is 0 Å². The molecule has 0 bridgehead atoms. The summed E-state index contributed by atoms with van der Waals surface area (Å²) < 4.78 is 13.4. The van der Waals surface area contributed by atoms with Crippen molar-refractivity contribution in [2.75, 3.05) is 11.9 Å². The number of hydrogen-bond donors (Lipinski definition) is 2. The molecule has 1 heterocycles. The topological polar surface area (TPSA) is 41.1 Å². The number of hydrogen-bond acceptors (Lipinski definition) is 2. The first kappa shape index (κ1) is 13.3. The average Bonchev–Trinajstić information content (AvgIpc) is 2.83. The third-order valence-electron chi connectivity index (χ3n) is 3.09. The number of anilines is 1. The van der Waals surface area contributed by atoms with Crippen LogP contribution in [-0.4, -0.2) is 18.5 Å². The number of rotatable bonds is 4. The lowest BCUT2D eigenvalue weighted by Gasteiger charge is -2.10. The lowest BCUT2D eigenvalue weighted by Crippen LogP contribution is -2.23. The van der Waals surface area contributed by atoms with E-state index in [9.17, 15) is 9.18 Å².